The fraction of sp³-hybridized carbons (Fsp3) is 0.500. The first-order valence-corrected chi connectivity index (χ1v) is 11.0. The second-order valence-corrected chi connectivity index (χ2v) is 8.87. The second kappa shape index (κ2) is 13.3. The summed E-state index contributed by atoms with van der Waals surface area (Å²) in [5, 5.41) is 0. The predicted octanol–water partition coefficient (Wildman–Crippen LogP) is 7.90. The fourth-order valence-corrected chi connectivity index (χ4v) is 4.45. The van der Waals surface area contributed by atoms with Crippen LogP contribution in [-0.2, 0) is 0 Å². The van der Waals surface area contributed by atoms with E-state index in [0.29, 0.717) is 0 Å². The summed E-state index contributed by atoms with van der Waals surface area (Å²) in [4.78, 5) is 0. The van der Waals surface area contributed by atoms with Crippen LogP contribution >= 0.6 is 23.7 Å². The molecule has 3 heteroatoms. The number of thioether (sulfide) groups is 1. The van der Waals surface area contributed by atoms with Crippen molar-refractivity contribution in [2.75, 3.05) is 5.75 Å². The largest absolute Gasteiger partial charge is 0.215 e. The standard InChI is InChI=1S/C22H33NS2/c1-6-11-22(24-17-16-19(4)13-10-12-18(2)3)25-23-20(5)21-14-8-7-9-15-21/h7-9,11-12,14-15,19H,6,10,13,16-17H2,1-5H3/b22-11-,23-20+. The lowest BCUT2D eigenvalue weighted by atomic mass is 10.0. The second-order valence-electron chi connectivity index (χ2n) is 6.67. The number of allylic oxidation sites excluding steroid dienone is 3. The molecule has 25 heavy (non-hydrogen) atoms. The van der Waals surface area contributed by atoms with Crippen molar-refractivity contribution in [3.8, 4) is 0 Å². The topological polar surface area (TPSA) is 12.4 Å². The van der Waals surface area contributed by atoms with E-state index in [1.54, 1.807) is 11.9 Å². The Balaban J connectivity index is 2.42. The zero-order valence-corrected chi connectivity index (χ0v) is 18.1. The molecule has 0 saturated heterocycles. The molecule has 1 rings (SSSR count). The van der Waals surface area contributed by atoms with E-state index in [1.165, 1.54) is 40.4 Å². The van der Waals surface area contributed by atoms with Crippen LogP contribution in [0.15, 0.2) is 56.7 Å². The minimum absolute atomic E-state index is 0.783. The smallest absolute Gasteiger partial charge is 0.0593 e. The molecule has 0 aliphatic rings. The maximum atomic E-state index is 4.72. The lowest BCUT2D eigenvalue weighted by molar-refractivity contribution is 0.525. The van der Waals surface area contributed by atoms with Crippen LogP contribution in [0, 0.1) is 5.92 Å². The van der Waals surface area contributed by atoms with Crippen molar-refractivity contribution in [3.63, 3.8) is 0 Å². The van der Waals surface area contributed by atoms with Gasteiger partial charge in [0.15, 0.2) is 0 Å². The Bertz CT molecular complexity index is 569. The van der Waals surface area contributed by atoms with E-state index in [2.05, 4.69) is 71.0 Å². The number of hydrogen-bond donors (Lipinski definition) is 0. The third-order valence-electron chi connectivity index (χ3n) is 3.90. The Morgan fingerprint density at radius 2 is 1.80 bits per heavy atom. The van der Waals surface area contributed by atoms with Crippen LogP contribution in [0.4, 0.5) is 0 Å². The zero-order chi connectivity index (χ0) is 18.5. The van der Waals surface area contributed by atoms with Crippen LogP contribution in [0.3, 0.4) is 0 Å². The summed E-state index contributed by atoms with van der Waals surface area (Å²) in [6, 6.07) is 10.4. The van der Waals surface area contributed by atoms with Crippen molar-refractivity contribution in [2.45, 2.75) is 60.3 Å². The van der Waals surface area contributed by atoms with E-state index in [4.69, 9.17) is 4.40 Å². The highest BCUT2D eigenvalue weighted by Gasteiger charge is 2.05. The molecule has 0 saturated carbocycles. The first-order chi connectivity index (χ1) is 12.0. The Morgan fingerprint density at radius 1 is 1.08 bits per heavy atom. The highest BCUT2D eigenvalue weighted by molar-refractivity contribution is 8.21. The quantitative estimate of drug-likeness (QED) is 0.221. The van der Waals surface area contributed by atoms with Gasteiger partial charge in [-0.25, -0.2) is 4.40 Å². The molecule has 0 bridgehead atoms. The molecule has 1 aromatic carbocycles. The molecule has 0 heterocycles. The number of benzene rings is 1. The molecule has 0 aliphatic heterocycles. The van der Waals surface area contributed by atoms with E-state index < -0.39 is 0 Å². The number of rotatable bonds is 11. The van der Waals surface area contributed by atoms with Crippen LogP contribution in [0.25, 0.3) is 0 Å². The van der Waals surface area contributed by atoms with Gasteiger partial charge in [0.2, 0.25) is 0 Å². The van der Waals surface area contributed by atoms with Gasteiger partial charge >= 0.3 is 0 Å². The van der Waals surface area contributed by atoms with E-state index in [1.807, 2.05) is 17.8 Å². The van der Waals surface area contributed by atoms with Gasteiger partial charge in [-0.1, -0.05) is 61.9 Å². The molecule has 0 aromatic heterocycles. The molecule has 0 radical (unpaired) electrons. The van der Waals surface area contributed by atoms with Crippen molar-refractivity contribution in [3.05, 3.63) is 57.9 Å². The van der Waals surface area contributed by atoms with Crippen molar-refractivity contribution in [1.29, 1.82) is 0 Å². The van der Waals surface area contributed by atoms with Crippen LogP contribution in [0.1, 0.15) is 65.9 Å². The minimum atomic E-state index is 0.783. The SMILES string of the molecule is CC/C=C(/SCCC(C)CCC=C(C)C)S/N=C(\C)c1ccccc1. The van der Waals surface area contributed by atoms with Crippen LogP contribution < -0.4 is 0 Å². The molecule has 0 spiro atoms. The first-order valence-electron chi connectivity index (χ1n) is 9.26. The Kier molecular flexibility index (Phi) is 11.8. The summed E-state index contributed by atoms with van der Waals surface area (Å²) in [5.74, 6) is 1.96. The van der Waals surface area contributed by atoms with Gasteiger partial charge in [-0.15, -0.1) is 11.8 Å². The molecule has 1 aromatic rings. The first kappa shape index (κ1) is 22.1. The monoisotopic (exact) mass is 375 g/mol. The van der Waals surface area contributed by atoms with Gasteiger partial charge in [0.05, 0.1) is 9.95 Å². The van der Waals surface area contributed by atoms with Gasteiger partial charge in [0, 0.05) is 11.9 Å². The lowest BCUT2D eigenvalue weighted by Crippen LogP contribution is -1.96. The third kappa shape index (κ3) is 10.6. The van der Waals surface area contributed by atoms with Gasteiger partial charge < -0.3 is 0 Å². The molecule has 1 nitrogen and oxygen atoms in total. The maximum absolute atomic E-state index is 4.72. The van der Waals surface area contributed by atoms with Gasteiger partial charge in [-0.2, -0.15) is 0 Å². The average molecular weight is 376 g/mol. The predicted molar refractivity (Wildman–Crippen MR) is 120 cm³/mol. The van der Waals surface area contributed by atoms with Crippen LogP contribution in [-0.4, -0.2) is 11.5 Å². The number of hydrogen-bond acceptors (Lipinski definition) is 3. The molecule has 1 unspecified atom stereocenters. The molecule has 0 N–H and O–H groups in total. The van der Waals surface area contributed by atoms with Crippen molar-refractivity contribution < 1.29 is 0 Å². The van der Waals surface area contributed by atoms with Crippen molar-refractivity contribution >= 4 is 29.4 Å². The normalized spacial score (nSPS) is 13.6. The summed E-state index contributed by atoms with van der Waals surface area (Å²) in [7, 11) is 0. The third-order valence-corrected chi connectivity index (χ3v) is 6.08. The van der Waals surface area contributed by atoms with Crippen molar-refractivity contribution in [2.24, 2.45) is 10.3 Å². The van der Waals surface area contributed by atoms with Crippen molar-refractivity contribution in [1.82, 2.24) is 0 Å². The molecular formula is C22H33NS2. The molecule has 0 fully saturated rings. The highest BCUT2D eigenvalue weighted by atomic mass is 32.2. The summed E-state index contributed by atoms with van der Waals surface area (Å²) >= 11 is 3.58. The Labute approximate surface area is 163 Å². The van der Waals surface area contributed by atoms with E-state index in [-0.39, 0.29) is 0 Å². The molecule has 138 valence electrons. The maximum Gasteiger partial charge on any atom is 0.0593 e. The van der Waals surface area contributed by atoms with E-state index in [0.717, 1.165) is 18.1 Å². The Morgan fingerprint density at radius 3 is 2.44 bits per heavy atom. The number of nitrogens with zero attached hydrogens (tertiary/aromatic N) is 1. The Hall–Kier alpha value is -0.930. The van der Waals surface area contributed by atoms with Crippen LogP contribution in [0.5, 0.6) is 0 Å². The van der Waals surface area contributed by atoms with E-state index >= 15 is 0 Å². The minimum Gasteiger partial charge on any atom is -0.215 e. The molecule has 0 amide bonds. The highest BCUT2D eigenvalue weighted by Crippen LogP contribution is 2.32. The zero-order valence-electron chi connectivity index (χ0n) is 16.4. The summed E-state index contributed by atoms with van der Waals surface area (Å²) in [6.07, 6.45) is 9.47. The summed E-state index contributed by atoms with van der Waals surface area (Å²) in [6.45, 7) is 11.0. The fourth-order valence-electron chi connectivity index (χ4n) is 2.30. The van der Waals surface area contributed by atoms with Crippen LogP contribution in [0.2, 0.25) is 0 Å². The molecule has 0 aliphatic carbocycles. The lowest BCUT2D eigenvalue weighted by Gasteiger charge is -2.10. The summed E-state index contributed by atoms with van der Waals surface area (Å²) in [5.41, 5.74) is 3.71. The van der Waals surface area contributed by atoms with E-state index in [9.17, 15) is 0 Å². The van der Waals surface area contributed by atoms with Gasteiger partial charge in [-0.3, -0.25) is 0 Å². The van der Waals surface area contributed by atoms with Gasteiger partial charge in [-0.05, 0) is 63.7 Å². The average Bonchev–Trinajstić information content (AvgIpc) is 2.59. The van der Waals surface area contributed by atoms with Gasteiger partial charge in [0.25, 0.3) is 0 Å². The summed E-state index contributed by atoms with van der Waals surface area (Å²) < 4.78 is 6.04. The molecular weight excluding hydrogens is 342 g/mol. The van der Waals surface area contributed by atoms with Gasteiger partial charge in [0.1, 0.15) is 0 Å². The molecule has 1 atom stereocenters.